The minimum absolute atomic E-state index is 0.140. The van der Waals surface area contributed by atoms with Crippen molar-refractivity contribution in [2.24, 2.45) is 0 Å². The van der Waals surface area contributed by atoms with Crippen LogP contribution >= 0.6 is 0 Å². The van der Waals surface area contributed by atoms with Gasteiger partial charge in [0.2, 0.25) is 11.7 Å². The summed E-state index contributed by atoms with van der Waals surface area (Å²) < 4.78 is 5.22. The van der Waals surface area contributed by atoms with E-state index in [1.54, 1.807) is 18.3 Å². The third kappa shape index (κ3) is 3.10. The Labute approximate surface area is 114 Å². The Bertz CT molecular complexity index is 615. The fraction of sp³-hybridized carbons (Fsp3) is 0.167. The molecule has 0 radical (unpaired) electrons. The standard InChI is InChI=1S/C12H13N5O3/c1-2-20-11-6-3-8(7-14-11)15-10-5-4-9(17(18)19)12(13)16-10/h3-7H,2H2,1H3,(H3,13,15,16). The van der Waals surface area contributed by atoms with Crippen LogP contribution < -0.4 is 15.8 Å². The molecule has 2 heterocycles. The number of nitrogens with zero attached hydrogens (tertiary/aromatic N) is 3. The number of nitrogens with two attached hydrogens (primary N) is 1. The van der Waals surface area contributed by atoms with E-state index in [9.17, 15) is 10.1 Å². The first-order valence-corrected chi connectivity index (χ1v) is 5.87. The fourth-order valence-electron chi connectivity index (χ4n) is 1.53. The summed E-state index contributed by atoms with van der Waals surface area (Å²) in [5.74, 6) is 0.784. The average molecular weight is 275 g/mol. The average Bonchev–Trinajstić information content (AvgIpc) is 2.41. The van der Waals surface area contributed by atoms with Crippen molar-refractivity contribution < 1.29 is 9.66 Å². The minimum Gasteiger partial charge on any atom is -0.478 e. The van der Waals surface area contributed by atoms with Gasteiger partial charge in [-0.1, -0.05) is 0 Å². The first-order chi connectivity index (χ1) is 9.60. The van der Waals surface area contributed by atoms with Crippen molar-refractivity contribution in [1.82, 2.24) is 9.97 Å². The van der Waals surface area contributed by atoms with Crippen LogP contribution in [0.2, 0.25) is 0 Å². The lowest BCUT2D eigenvalue weighted by atomic mass is 10.3. The molecule has 104 valence electrons. The molecular weight excluding hydrogens is 262 g/mol. The third-order valence-electron chi connectivity index (χ3n) is 2.40. The van der Waals surface area contributed by atoms with E-state index in [2.05, 4.69) is 15.3 Å². The van der Waals surface area contributed by atoms with Gasteiger partial charge in [0, 0.05) is 12.1 Å². The molecule has 2 aromatic rings. The monoisotopic (exact) mass is 275 g/mol. The van der Waals surface area contributed by atoms with Gasteiger partial charge >= 0.3 is 5.69 Å². The molecule has 0 aliphatic carbocycles. The summed E-state index contributed by atoms with van der Waals surface area (Å²) in [5.41, 5.74) is 5.96. The second-order valence-corrected chi connectivity index (χ2v) is 3.80. The lowest BCUT2D eigenvalue weighted by Gasteiger charge is -2.07. The number of aromatic nitrogens is 2. The van der Waals surface area contributed by atoms with Crippen molar-refractivity contribution in [3.8, 4) is 5.88 Å². The van der Waals surface area contributed by atoms with Crippen molar-refractivity contribution in [3.05, 3.63) is 40.6 Å². The smallest absolute Gasteiger partial charge is 0.311 e. The van der Waals surface area contributed by atoms with Gasteiger partial charge < -0.3 is 15.8 Å². The number of hydrogen-bond donors (Lipinski definition) is 2. The van der Waals surface area contributed by atoms with E-state index in [0.29, 0.717) is 24.0 Å². The van der Waals surface area contributed by atoms with E-state index < -0.39 is 4.92 Å². The van der Waals surface area contributed by atoms with Crippen LogP contribution in [0.5, 0.6) is 5.88 Å². The van der Waals surface area contributed by atoms with Gasteiger partial charge in [-0.3, -0.25) is 10.1 Å². The third-order valence-corrected chi connectivity index (χ3v) is 2.40. The van der Waals surface area contributed by atoms with Crippen LogP contribution in [0.3, 0.4) is 0 Å². The molecule has 0 saturated heterocycles. The number of ether oxygens (including phenoxy) is 1. The first-order valence-electron chi connectivity index (χ1n) is 5.87. The van der Waals surface area contributed by atoms with Crippen LogP contribution in [0.4, 0.5) is 23.0 Å². The molecule has 20 heavy (non-hydrogen) atoms. The van der Waals surface area contributed by atoms with E-state index in [1.165, 1.54) is 12.1 Å². The maximum atomic E-state index is 10.6. The SMILES string of the molecule is CCOc1ccc(Nc2ccc([N+](=O)[O-])c(N)n2)cn1. The molecular formula is C12H13N5O3. The van der Waals surface area contributed by atoms with Crippen molar-refractivity contribution in [2.45, 2.75) is 6.92 Å². The summed E-state index contributed by atoms with van der Waals surface area (Å²) in [6.45, 7) is 2.41. The highest BCUT2D eigenvalue weighted by atomic mass is 16.6. The Hall–Kier alpha value is -2.90. The van der Waals surface area contributed by atoms with Crippen LogP contribution in [0.15, 0.2) is 30.5 Å². The van der Waals surface area contributed by atoms with Gasteiger partial charge in [0.15, 0.2) is 0 Å². The number of hydrogen-bond acceptors (Lipinski definition) is 7. The quantitative estimate of drug-likeness (QED) is 0.634. The number of anilines is 3. The summed E-state index contributed by atoms with van der Waals surface area (Å²) in [6.07, 6.45) is 1.57. The fourth-order valence-corrected chi connectivity index (χ4v) is 1.53. The van der Waals surface area contributed by atoms with E-state index in [-0.39, 0.29) is 11.5 Å². The molecule has 3 N–H and O–H groups in total. The molecule has 0 fully saturated rings. The highest BCUT2D eigenvalue weighted by Gasteiger charge is 2.12. The van der Waals surface area contributed by atoms with Crippen LogP contribution in [0.25, 0.3) is 0 Å². The van der Waals surface area contributed by atoms with Crippen molar-refractivity contribution >= 4 is 23.0 Å². The van der Waals surface area contributed by atoms with Gasteiger partial charge in [-0.25, -0.2) is 9.97 Å². The summed E-state index contributed by atoms with van der Waals surface area (Å²) in [7, 11) is 0. The molecule has 0 bridgehead atoms. The molecule has 8 nitrogen and oxygen atoms in total. The molecule has 8 heteroatoms. The number of nitro groups is 1. The van der Waals surface area contributed by atoms with E-state index in [0.717, 1.165) is 0 Å². The van der Waals surface area contributed by atoms with Gasteiger partial charge in [-0.2, -0.15) is 0 Å². The highest BCUT2D eigenvalue weighted by molar-refractivity contribution is 5.62. The Balaban J connectivity index is 2.13. The zero-order chi connectivity index (χ0) is 14.5. The normalized spacial score (nSPS) is 10.1. The van der Waals surface area contributed by atoms with Crippen molar-refractivity contribution in [3.63, 3.8) is 0 Å². The second kappa shape index (κ2) is 5.83. The largest absolute Gasteiger partial charge is 0.478 e. The molecule has 0 saturated carbocycles. The molecule has 0 amide bonds. The van der Waals surface area contributed by atoms with Gasteiger partial charge in [-0.15, -0.1) is 0 Å². The Morgan fingerprint density at radius 1 is 1.40 bits per heavy atom. The Morgan fingerprint density at radius 2 is 2.20 bits per heavy atom. The predicted molar refractivity (Wildman–Crippen MR) is 74.0 cm³/mol. The van der Waals surface area contributed by atoms with Crippen LogP contribution in [-0.4, -0.2) is 21.5 Å². The molecule has 0 spiro atoms. The second-order valence-electron chi connectivity index (χ2n) is 3.80. The van der Waals surface area contributed by atoms with Gasteiger partial charge in [0.25, 0.3) is 0 Å². The highest BCUT2D eigenvalue weighted by Crippen LogP contribution is 2.23. The Morgan fingerprint density at radius 3 is 2.75 bits per heavy atom. The number of nitrogen functional groups attached to an aromatic ring is 1. The van der Waals surface area contributed by atoms with E-state index in [4.69, 9.17) is 10.5 Å². The van der Waals surface area contributed by atoms with Crippen molar-refractivity contribution in [2.75, 3.05) is 17.7 Å². The van der Waals surface area contributed by atoms with Crippen LogP contribution in [-0.2, 0) is 0 Å². The van der Waals surface area contributed by atoms with E-state index >= 15 is 0 Å². The molecule has 0 aliphatic rings. The number of nitrogens with one attached hydrogen (secondary N) is 1. The van der Waals surface area contributed by atoms with Gasteiger partial charge in [0.05, 0.1) is 23.4 Å². The maximum absolute atomic E-state index is 10.6. The molecule has 0 aliphatic heterocycles. The molecule has 2 rings (SSSR count). The van der Waals surface area contributed by atoms with E-state index in [1.807, 2.05) is 6.92 Å². The first kappa shape index (κ1) is 13.5. The zero-order valence-electron chi connectivity index (χ0n) is 10.7. The lowest BCUT2D eigenvalue weighted by Crippen LogP contribution is -2.02. The Kier molecular flexibility index (Phi) is 3.94. The zero-order valence-corrected chi connectivity index (χ0v) is 10.7. The molecule has 2 aromatic heterocycles. The summed E-state index contributed by atoms with van der Waals surface area (Å²) >= 11 is 0. The molecule has 0 aromatic carbocycles. The summed E-state index contributed by atoms with van der Waals surface area (Å²) in [4.78, 5) is 18.0. The minimum atomic E-state index is -0.579. The van der Waals surface area contributed by atoms with Crippen molar-refractivity contribution in [1.29, 1.82) is 0 Å². The van der Waals surface area contributed by atoms with Crippen LogP contribution in [0.1, 0.15) is 6.92 Å². The number of pyridine rings is 2. The summed E-state index contributed by atoms with van der Waals surface area (Å²) in [5, 5.41) is 13.6. The summed E-state index contributed by atoms with van der Waals surface area (Å²) in [6, 6.07) is 6.25. The molecule has 0 atom stereocenters. The topological polar surface area (TPSA) is 116 Å². The van der Waals surface area contributed by atoms with Crippen LogP contribution in [0, 0.1) is 10.1 Å². The number of rotatable bonds is 5. The maximum Gasteiger partial charge on any atom is 0.311 e. The lowest BCUT2D eigenvalue weighted by molar-refractivity contribution is -0.384. The predicted octanol–water partition coefficient (Wildman–Crippen LogP) is 2.11. The van der Waals surface area contributed by atoms with Gasteiger partial charge in [0.1, 0.15) is 5.82 Å². The van der Waals surface area contributed by atoms with Gasteiger partial charge in [-0.05, 0) is 19.1 Å². The molecule has 0 unspecified atom stereocenters.